The third-order valence-corrected chi connectivity index (χ3v) is 5.79. The lowest BCUT2D eigenvalue weighted by Crippen LogP contribution is -2.20. The third-order valence-electron chi connectivity index (χ3n) is 3.71. The highest BCUT2D eigenvalue weighted by Crippen LogP contribution is 2.27. The molecule has 0 bridgehead atoms. The average Bonchev–Trinajstić information content (AvgIpc) is 3.19. The molecule has 3 rings (SSSR count). The second-order valence-electron chi connectivity index (χ2n) is 5.93. The van der Waals surface area contributed by atoms with Crippen molar-refractivity contribution in [2.75, 3.05) is 6.61 Å². The van der Waals surface area contributed by atoms with Gasteiger partial charge in [-0.05, 0) is 42.0 Å². The fraction of sp³-hybridized carbons (Fsp3) is 0.211. The monoisotopic (exact) mass is 489 g/mol. The molecule has 1 atom stereocenters. The molecule has 0 fully saturated rings. The zero-order chi connectivity index (χ0) is 21.9. The predicted octanol–water partition coefficient (Wildman–Crippen LogP) is 5.88. The Morgan fingerprint density at radius 1 is 1.17 bits per heavy atom. The van der Waals surface area contributed by atoms with Gasteiger partial charge in [-0.15, -0.1) is 21.9 Å². The Balaban J connectivity index is 0.000000735. The maximum absolute atomic E-state index is 8.36. The van der Waals surface area contributed by atoms with E-state index < -0.39 is 5.09 Å². The van der Waals surface area contributed by atoms with Crippen LogP contribution in [0.1, 0.15) is 5.56 Å². The Morgan fingerprint density at radius 3 is 2.43 bits per heavy atom. The molecule has 0 spiro atoms. The number of hydrogen-bond acceptors (Lipinski definition) is 5. The van der Waals surface area contributed by atoms with Crippen LogP contribution < -0.4 is 4.74 Å². The number of nitrogens with zero attached hydrogens (tertiary/aromatic N) is 3. The quantitative estimate of drug-likeness (QED) is 0.313. The minimum Gasteiger partial charge on any atom is -0.492 e. The van der Waals surface area contributed by atoms with Crippen molar-refractivity contribution < 1.29 is 15.0 Å². The molecule has 1 heterocycles. The molecular weight excluding hydrogens is 473 g/mol. The first-order valence-electron chi connectivity index (χ1n) is 8.56. The summed E-state index contributed by atoms with van der Waals surface area (Å²) in [4.78, 5) is 12.5. The van der Waals surface area contributed by atoms with E-state index in [-0.39, 0.29) is 5.25 Å². The lowest BCUT2D eigenvalue weighted by atomic mass is 10.2. The van der Waals surface area contributed by atoms with Gasteiger partial charge in [0.2, 0.25) is 0 Å². The Labute approximate surface area is 192 Å². The molecule has 0 aliphatic carbocycles. The van der Waals surface area contributed by atoms with Crippen molar-refractivity contribution in [1.82, 2.24) is 9.55 Å². The Kier molecular flexibility index (Phi) is 10.1. The van der Waals surface area contributed by atoms with E-state index in [9.17, 15) is 0 Å². The maximum atomic E-state index is 8.36. The standard InChI is InChI=1S/C19H17Cl3N2OS.HNO3/c20-15-3-5-17(6-4-15)25-11-18(10-24-8-7-23-13-24)26-12-14-1-2-16(21)9-19(14)22;2-1(3)4/h1-9,13,18H,10-12H2;(H,2,3,4). The van der Waals surface area contributed by atoms with E-state index in [0.29, 0.717) is 21.7 Å². The summed E-state index contributed by atoms with van der Waals surface area (Å²) in [5, 5.41) is 15.9. The van der Waals surface area contributed by atoms with Gasteiger partial charge in [0.25, 0.3) is 5.09 Å². The van der Waals surface area contributed by atoms with E-state index in [4.69, 9.17) is 54.9 Å². The summed E-state index contributed by atoms with van der Waals surface area (Å²) in [7, 11) is 0. The Hall–Kier alpha value is -2.13. The van der Waals surface area contributed by atoms with E-state index in [0.717, 1.165) is 23.6 Å². The number of aromatic nitrogens is 2. The van der Waals surface area contributed by atoms with E-state index in [2.05, 4.69) is 4.98 Å². The normalized spacial score (nSPS) is 11.3. The summed E-state index contributed by atoms with van der Waals surface area (Å²) in [6.45, 7) is 1.36. The van der Waals surface area contributed by atoms with Crippen LogP contribution in [-0.4, -0.2) is 31.7 Å². The first kappa shape index (κ1) is 24.1. The summed E-state index contributed by atoms with van der Waals surface area (Å²) < 4.78 is 7.99. The van der Waals surface area contributed by atoms with Gasteiger partial charge < -0.3 is 14.5 Å². The second kappa shape index (κ2) is 12.5. The van der Waals surface area contributed by atoms with Crippen LogP contribution in [0.3, 0.4) is 0 Å². The molecule has 1 N–H and O–H groups in total. The Morgan fingerprint density at radius 2 is 1.83 bits per heavy atom. The fourth-order valence-corrected chi connectivity index (χ4v) is 4.14. The summed E-state index contributed by atoms with van der Waals surface area (Å²) >= 11 is 20.0. The minimum absolute atomic E-state index is 0.228. The van der Waals surface area contributed by atoms with Crippen molar-refractivity contribution in [2.24, 2.45) is 0 Å². The van der Waals surface area contributed by atoms with E-state index in [1.165, 1.54) is 0 Å². The molecule has 1 unspecified atom stereocenters. The number of hydrogen-bond donors (Lipinski definition) is 1. The number of rotatable bonds is 8. The van der Waals surface area contributed by atoms with Crippen molar-refractivity contribution in [3.8, 4) is 5.75 Å². The van der Waals surface area contributed by atoms with Crippen LogP contribution in [0.5, 0.6) is 5.75 Å². The zero-order valence-electron chi connectivity index (χ0n) is 15.5. The van der Waals surface area contributed by atoms with Gasteiger partial charge >= 0.3 is 0 Å². The lowest BCUT2D eigenvalue weighted by molar-refractivity contribution is -0.742. The number of halogens is 3. The number of benzene rings is 2. The maximum Gasteiger partial charge on any atom is 0.291 e. The summed E-state index contributed by atoms with van der Waals surface area (Å²) in [5.41, 5.74) is 1.06. The first-order valence-corrected chi connectivity index (χ1v) is 10.7. The molecule has 0 aliphatic heterocycles. The van der Waals surface area contributed by atoms with Crippen LogP contribution in [0.15, 0.2) is 61.2 Å². The molecule has 30 heavy (non-hydrogen) atoms. The van der Waals surface area contributed by atoms with E-state index >= 15 is 0 Å². The van der Waals surface area contributed by atoms with Crippen molar-refractivity contribution in [3.63, 3.8) is 0 Å². The van der Waals surface area contributed by atoms with Gasteiger partial charge in [0.1, 0.15) is 12.4 Å². The molecule has 160 valence electrons. The summed E-state index contributed by atoms with van der Waals surface area (Å²) in [6.07, 6.45) is 5.54. The molecule has 11 heteroatoms. The molecule has 0 amide bonds. The smallest absolute Gasteiger partial charge is 0.291 e. The highest BCUT2D eigenvalue weighted by molar-refractivity contribution is 7.99. The molecule has 0 radical (unpaired) electrons. The fourth-order valence-electron chi connectivity index (χ4n) is 2.35. The van der Waals surface area contributed by atoms with Crippen LogP contribution in [0.2, 0.25) is 15.1 Å². The van der Waals surface area contributed by atoms with E-state index in [1.54, 1.807) is 24.0 Å². The van der Waals surface area contributed by atoms with Gasteiger partial charge in [-0.1, -0.05) is 40.9 Å². The van der Waals surface area contributed by atoms with Gasteiger partial charge in [-0.2, -0.15) is 0 Å². The van der Waals surface area contributed by atoms with Crippen LogP contribution in [0.4, 0.5) is 0 Å². The molecule has 3 aromatic rings. The first-order chi connectivity index (χ1) is 14.3. The number of ether oxygens (including phenoxy) is 1. The molecule has 2 aromatic carbocycles. The lowest BCUT2D eigenvalue weighted by Gasteiger charge is -2.18. The average molecular weight is 491 g/mol. The summed E-state index contributed by atoms with van der Waals surface area (Å²) in [5.74, 6) is 1.58. The van der Waals surface area contributed by atoms with E-state index in [1.807, 2.05) is 53.5 Å². The largest absolute Gasteiger partial charge is 0.492 e. The number of imidazole rings is 1. The van der Waals surface area contributed by atoms with Crippen LogP contribution in [0, 0.1) is 10.1 Å². The molecule has 7 nitrogen and oxygen atoms in total. The molecule has 0 aliphatic rings. The van der Waals surface area contributed by atoms with Crippen LogP contribution >= 0.6 is 46.6 Å². The summed E-state index contributed by atoms with van der Waals surface area (Å²) in [6, 6.07) is 13.0. The highest BCUT2D eigenvalue weighted by atomic mass is 35.5. The highest BCUT2D eigenvalue weighted by Gasteiger charge is 2.13. The van der Waals surface area contributed by atoms with Gasteiger partial charge in [0, 0.05) is 39.8 Å². The molecule has 0 saturated heterocycles. The minimum atomic E-state index is -1.50. The third kappa shape index (κ3) is 9.13. The molecule has 1 aromatic heterocycles. The van der Waals surface area contributed by atoms with Crippen LogP contribution in [0.25, 0.3) is 0 Å². The second-order valence-corrected chi connectivity index (χ2v) is 8.50. The van der Waals surface area contributed by atoms with Crippen molar-refractivity contribution in [3.05, 3.63) is 91.9 Å². The van der Waals surface area contributed by atoms with Crippen LogP contribution in [-0.2, 0) is 12.3 Å². The van der Waals surface area contributed by atoms with Gasteiger partial charge in [-0.3, -0.25) is 0 Å². The van der Waals surface area contributed by atoms with Crippen molar-refractivity contribution in [2.45, 2.75) is 17.5 Å². The Bertz CT molecular complexity index is 923. The zero-order valence-corrected chi connectivity index (χ0v) is 18.6. The topological polar surface area (TPSA) is 90.4 Å². The number of thioether (sulfide) groups is 1. The molecular formula is C19H18Cl3N3O4S. The predicted molar refractivity (Wildman–Crippen MR) is 119 cm³/mol. The molecule has 0 saturated carbocycles. The van der Waals surface area contributed by atoms with Crippen molar-refractivity contribution in [1.29, 1.82) is 0 Å². The van der Waals surface area contributed by atoms with Gasteiger partial charge in [0.15, 0.2) is 0 Å². The SMILES string of the molecule is Clc1ccc(OCC(Cn2ccnc2)SCc2ccc(Cl)cc2Cl)cc1.O=[N+]([O-])O. The van der Waals surface area contributed by atoms with Gasteiger partial charge in [-0.25, -0.2) is 4.98 Å². The van der Waals surface area contributed by atoms with Gasteiger partial charge in [0.05, 0.1) is 11.6 Å². The van der Waals surface area contributed by atoms with Crippen molar-refractivity contribution >= 4 is 46.6 Å².